The van der Waals surface area contributed by atoms with Crippen LogP contribution in [-0.4, -0.2) is 5.11 Å². The van der Waals surface area contributed by atoms with E-state index in [-0.39, 0.29) is 0 Å². The van der Waals surface area contributed by atoms with Crippen molar-refractivity contribution >= 4 is 0 Å². The van der Waals surface area contributed by atoms with E-state index in [9.17, 15) is 0 Å². The van der Waals surface area contributed by atoms with Gasteiger partial charge in [-0.3, -0.25) is 0 Å². The Bertz CT molecular complexity index is 206. The minimum atomic E-state index is 0.335. The van der Waals surface area contributed by atoms with Crippen LogP contribution in [0.5, 0.6) is 5.75 Å². The van der Waals surface area contributed by atoms with Gasteiger partial charge >= 0.3 is 0 Å². The van der Waals surface area contributed by atoms with E-state index >= 15 is 0 Å². The molecule has 0 saturated heterocycles. The van der Waals surface area contributed by atoms with E-state index < -0.39 is 0 Å². The molecule has 1 radical (unpaired) electrons. The molecule has 10 heavy (non-hydrogen) atoms. The molecule has 1 aromatic rings. The highest BCUT2D eigenvalue weighted by atomic mass is 16.3. The maximum atomic E-state index is 9.02. The van der Waals surface area contributed by atoms with Gasteiger partial charge in [0.25, 0.3) is 0 Å². The van der Waals surface area contributed by atoms with Gasteiger partial charge in [0.2, 0.25) is 0 Å². The average molecular weight is 135 g/mol. The predicted molar refractivity (Wildman–Crippen MR) is 41.8 cm³/mol. The van der Waals surface area contributed by atoms with Crippen molar-refractivity contribution in [1.29, 1.82) is 0 Å². The second kappa shape index (κ2) is 3.25. The Balaban J connectivity index is 2.75. The summed E-state index contributed by atoms with van der Waals surface area (Å²) in [6.07, 6.45) is 3.07. The molecule has 0 aliphatic rings. The Kier molecular flexibility index (Phi) is 2.32. The van der Waals surface area contributed by atoms with Crippen LogP contribution in [0, 0.1) is 6.42 Å². The monoisotopic (exact) mass is 135 g/mol. The van der Waals surface area contributed by atoms with E-state index in [0.717, 1.165) is 12.0 Å². The molecule has 1 aromatic carbocycles. The molecule has 0 heterocycles. The number of benzene rings is 1. The second-order valence-corrected chi connectivity index (χ2v) is 2.21. The first kappa shape index (κ1) is 7.13. The van der Waals surface area contributed by atoms with Crippen LogP contribution in [0.4, 0.5) is 0 Å². The summed E-state index contributed by atoms with van der Waals surface area (Å²) in [5, 5.41) is 9.02. The van der Waals surface area contributed by atoms with Crippen molar-refractivity contribution in [3.63, 3.8) is 0 Å². The Morgan fingerprint density at radius 1 is 1.50 bits per heavy atom. The van der Waals surface area contributed by atoms with Crippen LogP contribution in [0.2, 0.25) is 0 Å². The molecule has 0 bridgehead atoms. The maximum absolute atomic E-state index is 9.02. The van der Waals surface area contributed by atoms with Crippen LogP contribution in [0.1, 0.15) is 18.9 Å². The molecular formula is C9H11O. The number of aromatic hydroxyl groups is 1. The van der Waals surface area contributed by atoms with Gasteiger partial charge in [-0.15, -0.1) is 0 Å². The van der Waals surface area contributed by atoms with Crippen LogP contribution >= 0.6 is 0 Å². The lowest BCUT2D eigenvalue weighted by Gasteiger charge is -1.96. The average Bonchev–Trinajstić information content (AvgIpc) is 1.88. The first-order valence-corrected chi connectivity index (χ1v) is 3.45. The maximum Gasteiger partial charge on any atom is 0.115 e. The summed E-state index contributed by atoms with van der Waals surface area (Å²) in [4.78, 5) is 0. The van der Waals surface area contributed by atoms with E-state index in [4.69, 9.17) is 5.11 Å². The van der Waals surface area contributed by atoms with Crippen molar-refractivity contribution in [3.8, 4) is 5.75 Å². The van der Waals surface area contributed by atoms with Gasteiger partial charge in [0.05, 0.1) is 0 Å². The minimum absolute atomic E-state index is 0.335. The van der Waals surface area contributed by atoms with Gasteiger partial charge < -0.3 is 5.11 Å². The molecule has 1 N–H and O–H groups in total. The molecule has 0 fully saturated rings. The predicted octanol–water partition coefficient (Wildman–Crippen LogP) is 2.35. The van der Waals surface area contributed by atoms with E-state index in [0.29, 0.717) is 5.75 Å². The van der Waals surface area contributed by atoms with Gasteiger partial charge in [0.15, 0.2) is 0 Å². The van der Waals surface area contributed by atoms with Crippen LogP contribution < -0.4 is 0 Å². The molecule has 53 valence electrons. The first-order chi connectivity index (χ1) is 4.83. The number of hydrogen-bond donors (Lipinski definition) is 1. The molecule has 0 amide bonds. The first-order valence-electron chi connectivity index (χ1n) is 3.45. The van der Waals surface area contributed by atoms with Crippen LogP contribution in [-0.2, 0) is 0 Å². The van der Waals surface area contributed by atoms with Gasteiger partial charge in [0, 0.05) is 0 Å². The molecule has 0 aliphatic heterocycles. The normalized spacial score (nSPS) is 9.70. The second-order valence-electron chi connectivity index (χ2n) is 2.21. The third-order valence-electron chi connectivity index (χ3n) is 1.31. The molecule has 1 nitrogen and oxygen atoms in total. The quantitative estimate of drug-likeness (QED) is 0.660. The van der Waals surface area contributed by atoms with E-state index in [1.807, 2.05) is 12.1 Å². The van der Waals surface area contributed by atoms with Crippen LogP contribution in [0.3, 0.4) is 0 Å². The molecule has 0 aliphatic carbocycles. The van der Waals surface area contributed by atoms with Crippen LogP contribution in [0.25, 0.3) is 0 Å². The highest BCUT2D eigenvalue weighted by Gasteiger charge is 1.91. The lowest BCUT2D eigenvalue weighted by molar-refractivity contribution is 0.475. The Morgan fingerprint density at radius 2 is 2.30 bits per heavy atom. The molecule has 0 aromatic heterocycles. The van der Waals surface area contributed by atoms with Crippen LogP contribution in [0.15, 0.2) is 24.3 Å². The number of phenols is 1. The molecule has 1 rings (SSSR count). The Labute approximate surface area is 61.3 Å². The zero-order valence-corrected chi connectivity index (χ0v) is 6.04. The fourth-order valence-electron chi connectivity index (χ4n) is 0.887. The third-order valence-corrected chi connectivity index (χ3v) is 1.31. The molecule has 1 heteroatoms. The largest absolute Gasteiger partial charge is 0.508 e. The van der Waals surface area contributed by atoms with Crippen molar-refractivity contribution in [2.45, 2.75) is 13.3 Å². The number of hydrogen-bond acceptors (Lipinski definition) is 1. The van der Waals surface area contributed by atoms with Gasteiger partial charge in [-0.25, -0.2) is 0 Å². The zero-order chi connectivity index (χ0) is 7.40. The lowest BCUT2D eigenvalue weighted by atomic mass is 10.1. The summed E-state index contributed by atoms with van der Waals surface area (Å²) in [7, 11) is 0. The summed E-state index contributed by atoms with van der Waals surface area (Å²) in [6.45, 7) is 2.07. The third kappa shape index (κ3) is 1.76. The van der Waals surface area contributed by atoms with E-state index in [2.05, 4.69) is 13.3 Å². The molecule has 0 saturated carbocycles. The smallest absolute Gasteiger partial charge is 0.115 e. The van der Waals surface area contributed by atoms with Crippen molar-refractivity contribution < 1.29 is 5.11 Å². The number of phenolic OH excluding ortho intramolecular Hbond substituents is 1. The highest BCUT2D eigenvalue weighted by Crippen LogP contribution is 2.12. The minimum Gasteiger partial charge on any atom is -0.508 e. The van der Waals surface area contributed by atoms with Crippen molar-refractivity contribution in [2.75, 3.05) is 0 Å². The van der Waals surface area contributed by atoms with Crippen molar-refractivity contribution in [3.05, 3.63) is 36.2 Å². The molecular weight excluding hydrogens is 124 g/mol. The molecule has 0 atom stereocenters. The summed E-state index contributed by atoms with van der Waals surface area (Å²) < 4.78 is 0. The van der Waals surface area contributed by atoms with E-state index in [1.54, 1.807) is 12.1 Å². The Morgan fingerprint density at radius 3 is 2.90 bits per heavy atom. The molecule has 0 spiro atoms. The van der Waals surface area contributed by atoms with Gasteiger partial charge in [0.1, 0.15) is 5.75 Å². The summed E-state index contributed by atoms with van der Waals surface area (Å²) in [6, 6.07) is 7.25. The summed E-state index contributed by atoms with van der Waals surface area (Å²) >= 11 is 0. The Hall–Kier alpha value is -0.980. The van der Waals surface area contributed by atoms with Crippen molar-refractivity contribution in [1.82, 2.24) is 0 Å². The van der Waals surface area contributed by atoms with Gasteiger partial charge in [-0.05, 0) is 30.5 Å². The lowest BCUT2D eigenvalue weighted by Crippen LogP contribution is -1.77. The summed E-state index contributed by atoms with van der Waals surface area (Å²) in [5.74, 6) is 0.335. The van der Waals surface area contributed by atoms with Crippen molar-refractivity contribution in [2.24, 2.45) is 0 Å². The topological polar surface area (TPSA) is 20.2 Å². The van der Waals surface area contributed by atoms with E-state index in [1.165, 1.54) is 0 Å². The standard InChI is InChI=1S/C9H11O/c1-2-4-8-5-3-6-9(10)7-8/h3-7,10H,2H2,1H3. The van der Waals surface area contributed by atoms with Gasteiger partial charge in [-0.1, -0.05) is 19.1 Å². The summed E-state index contributed by atoms with van der Waals surface area (Å²) in [5.41, 5.74) is 1.09. The fourth-order valence-corrected chi connectivity index (χ4v) is 0.887. The number of rotatable bonds is 2. The van der Waals surface area contributed by atoms with Gasteiger partial charge in [-0.2, -0.15) is 0 Å². The highest BCUT2D eigenvalue weighted by molar-refractivity contribution is 5.31. The fraction of sp³-hybridized carbons (Fsp3) is 0.222. The SMILES string of the molecule is CC[CH]c1cccc(O)c1. The zero-order valence-electron chi connectivity index (χ0n) is 6.04. The molecule has 0 unspecified atom stereocenters.